The van der Waals surface area contributed by atoms with Gasteiger partial charge in [-0.15, -0.1) is 0 Å². The Morgan fingerprint density at radius 2 is 1.55 bits per heavy atom. The van der Waals surface area contributed by atoms with Crippen molar-refractivity contribution in [1.29, 1.82) is 0 Å². The monoisotopic (exact) mass is 315 g/mol. The summed E-state index contributed by atoms with van der Waals surface area (Å²) in [6.07, 6.45) is 2.60. The molecule has 0 unspecified atom stereocenters. The van der Waals surface area contributed by atoms with Crippen LogP contribution in [0.2, 0.25) is 0 Å². The van der Waals surface area contributed by atoms with Crippen LogP contribution < -0.4 is 0 Å². The van der Waals surface area contributed by atoms with Crippen LogP contribution in [0.3, 0.4) is 0 Å². The van der Waals surface area contributed by atoms with Gasteiger partial charge in [0, 0.05) is 24.2 Å². The van der Waals surface area contributed by atoms with Gasteiger partial charge in [-0.05, 0) is 24.5 Å². The molecule has 3 rings (SSSR count). The zero-order chi connectivity index (χ0) is 15.6. The van der Waals surface area contributed by atoms with E-state index in [0.717, 1.165) is 24.7 Å². The molecule has 1 heterocycles. The molecule has 0 radical (unpaired) electrons. The first-order valence-corrected chi connectivity index (χ1v) is 8.72. The topological polar surface area (TPSA) is 54.5 Å². The van der Waals surface area contributed by atoms with E-state index in [1.807, 2.05) is 6.07 Å². The van der Waals surface area contributed by atoms with Crippen LogP contribution in [0.25, 0.3) is 11.1 Å². The van der Waals surface area contributed by atoms with E-state index in [1.54, 1.807) is 46.8 Å². The minimum atomic E-state index is -3.47. The summed E-state index contributed by atoms with van der Waals surface area (Å²) in [6, 6.07) is 14.0. The summed E-state index contributed by atoms with van der Waals surface area (Å²) in [6.45, 7) is 1.17. The Kier molecular flexibility index (Phi) is 4.09. The molecule has 0 saturated carbocycles. The first kappa shape index (κ1) is 14.9. The number of hydrogen-bond donors (Lipinski definition) is 0. The predicted octanol–water partition coefficient (Wildman–Crippen LogP) is 2.95. The van der Waals surface area contributed by atoms with Gasteiger partial charge in [0.15, 0.2) is 0 Å². The maximum absolute atomic E-state index is 12.8. The largest absolute Gasteiger partial charge is 0.298 e. The highest BCUT2D eigenvalue weighted by molar-refractivity contribution is 7.89. The van der Waals surface area contributed by atoms with Crippen LogP contribution in [0.1, 0.15) is 23.2 Å². The third-order valence-electron chi connectivity index (χ3n) is 3.93. The summed E-state index contributed by atoms with van der Waals surface area (Å²) in [5.41, 5.74) is 2.04. The highest BCUT2D eigenvalue weighted by atomic mass is 32.2. The van der Waals surface area contributed by atoms with Gasteiger partial charge in [-0.1, -0.05) is 42.5 Å². The summed E-state index contributed by atoms with van der Waals surface area (Å²) in [7, 11) is -3.47. The minimum absolute atomic E-state index is 0.329. The maximum atomic E-state index is 12.8. The van der Waals surface area contributed by atoms with E-state index in [0.29, 0.717) is 29.1 Å². The van der Waals surface area contributed by atoms with Gasteiger partial charge in [-0.3, -0.25) is 4.79 Å². The molecular weight excluding hydrogens is 298 g/mol. The molecule has 5 heteroatoms. The lowest BCUT2D eigenvalue weighted by Crippen LogP contribution is -2.28. The van der Waals surface area contributed by atoms with Crippen molar-refractivity contribution in [2.24, 2.45) is 0 Å². The lowest BCUT2D eigenvalue weighted by molar-refractivity contribution is 0.112. The Bertz CT molecular complexity index is 776. The highest BCUT2D eigenvalue weighted by Crippen LogP contribution is 2.30. The molecule has 2 aromatic rings. The van der Waals surface area contributed by atoms with Crippen molar-refractivity contribution < 1.29 is 13.2 Å². The van der Waals surface area contributed by atoms with E-state index >= 15 is 0 Å². The first-order chi connectivity index (χ1) is 10.6. The van der Waals surface area contributed by atoms with Crippen LogP contribution in [0.15, 0.2) is 53.4 Å². The summed E-state index contributed by atoms with van der Waals surface area (Å²) >= 11 is 0. The number of rotatable bonds is 4. The van der Waals surface area contributed by atoms with Gasteiger partial charge in [-0.25, -0.2) is 8.42 Å². The molecule has 114 valence electrons. The molecule has 4 nitrogen and oxygen atoms in total. The van der Waals surface area contributed by atoms with Gasteiger partial charge in [0.2, 0.25) is 10.0 Å². The number of nitrogens with zero attached hydrogens (tertiary/aromatic N) is 1. The van der Waals surface area contributed by atoms with Crippen molar-refractivity contribution in [2.75, 3.05) is 13.1 Å². The molecule has 0 N–H and O–H groups in total. The Morgan fingerprint density at radius 3 is 2.18 bits per heavy atom. The van der Waals surface area contributed by atoms with Gasteiger partial charge >= 0.3 is 0 Å². The Morgan fingerprint density at radius 1 is 0.909 bits per heavy atom. The first-order valence-electron chi connectivity index (χ1n) is 7.28. The van der Waals surface area contributed by atoms with E-state index in [9.17, 15) is 13.2 Å². The van der Waals surface area contributed by atoms with Gasteiger partial charge in [0.25, 0.3) is 0 Å². The fraction of sp³-hybridized carbons (Fsp3) is 0.235. The van der Waals surface area contributed by atoms with Crippen LogP contribution in [-0.4, -0.2) is 32.1 Å². The van der Waals surface area contributed by atoms with Gasteiger partial charge in [-0.2, -0.15) is 4.31 Å². The average molecular weight is 315 g/mol. The molecule has 0 atom stereocenters. The van der Waals surface area contributed by atoms with Crippen LogP contribution >= 0.6 is 0 Å². The van der Waals surface area contributed by atoms with Crippen LogP contribution in [0.4, 0.5) is 0 Å². The van der Waals surface area contributed by atoms with Crippen LogP contribution in [-0.2, 0) is 10.0 Å². The Hall–Kier alpha value is -1.98. The quantitative estimate of drug-likeness (QED) is 0.815. The molecule has 1 aliphatic rings. The van der Waals surface area contributed by atoms with Crippen molar-refractivity contribution >= 4 is 16.3 Å². The second kappa shape index (κ2) is 6.02. The summed E-state index contributed by atoms with van der Waals surface area (Å²) < 4.78 is 27.2. The second-order valence-corrected chi connectivity index (χ2v) is 7.25. The molecule has 2 aromatic carbocycles. The molecule has 0 aliphatic carbocycles. The van der Waals surface area contributed by atoms with Crippen molar-refractivity contribution in [3.8, 4) is 11.1 Å². The number of sulfonamides is 1. The minimum Gasteiger partial charge on any atom is -0.298 e. The molecule has 1 aliphatic heterocycles. The molecule has 0 amide bonds. The fourth-order valence-corrected chi connectivity index (χ4v) is 4.47. The van der Waals surface area contributed by atoms with Gasteiger partial charge in [0.1, 0.15) is 6.29 Å². The van der Waals surface area contributed by atoms with E-state index in [-0.39, 0.29) is 0 Å². The number of carbonyl (C=O) groups is 1. The third-order valence-corrected chi connectivity index (χ3v) is 5.88. The Labute approximate surface area is 130 Å². The predicted molar refractivity (Wildman–Crippen MR) is 85.3 cm³/mol. The number of aldehydes is 1. The Balaban J connectivity index is 2.07. The van der Waals surface area contributed by atoms with Crippen LogP contribution in [0, 0.1) is 0 Å². The molecular formula is C17H17NO3S. The van der Waals surface area contributed by atoms with Crippen molar-refractivity contribution in [1.82, 2.24) is 4.31 Å². The summed E-state index contributed by atoms with van der Waals surface area (Å²) in [4.78, 5) is 11.1. The van der Waals surface area contributed by atoms with Gasteiger partial charge < -0.3 is 0 Å². The normalized spacial score (nSPS) is 15.8. The standard InChI is InChI=1S/C17H17NO3S/c19-13-14-7-9-15(10-8-14)16-5-1-2-6-17(16)22(20,21)18-11-3-4-12-18/h1-2,5-10,13H,3-4,11-12H2. The lowest BCUT2D eigenvalue weighted by atomic mass is 10.0. The highest BCUT2D eigenvalue weighted by Gasteiger charge is 2.29. The van der Waals surface area contributed by atoms with Crippen molar-refractivity contribution in [2.45, 2.75) is 17.7 Å². The van der Waals surface area contributed by atoms with Crippen LogP contribution in [0.5, 0.6) is 0 Å². The van der Waals surface area contributed by atoms with Crippen molar-refractivity contribution in [3.63, 3.8) is 0 Å². The molecule has 1 saturated heterocycles. The molecule has 0 aromatic heterocycles. The fourth-order valence-electron chi connectivity index (χ4n) is 2.74. The smallest absolute Gasteiger partial charge is 0.243 e. The van der Waals surface area contributed by atoms with Crippen molar-refractivity contribution in [3.05, 3.63) is 54.1 Å². The zero-order valence-electron chi connectivity index (χ0n) is 12.1. The van der Waals surface area contributed by atoms with E-state index in [2.05, 4.69) is 0 Å². The maximum Gasteiger partial charge on any atom is 0.243 e. The molecule has 22 heavy (non-hydrogen) atoms. The average Bonchev–Trinajstić information content (AvgIpc) is 3.10. The summed E-state index contributed by atoms with van der Waals surface area (Å²) in [5.74, 6) is 0. The molecule has 0 spiro atoms. The molecule has 1 fully saturated rings. The number of hydrogen-bond acceptors (Lipinski definition) is 3. The van der Waals surface area contributed by atoms with E-state index in [1.165, 1.54) is 0 Å². The SMILES string of the molecule is O=Cc1ccc(-c2ccccc2S(=O)(=O)N2CCCC2)cc1. The zero-order valence-corrected chi connectivity index (χ0v) is 12.9. The summed E-state index contributed by atoms with van der Waals surface area (Å²) in [5, 5.41) is 0. The van der Waals surface area contributed by atoms with E-state index < -0.39 is 10.0 Å². The molecule has 0 bridgehead atoms. The van der Waals surface area contributed by atoms with Gasteiger partial charge in [0.05, 0.1) is 4.90 Å². The number of benzene rings is 2. The lowest BCUT2D eigenvalue weighted by Gasteiger charge is -2.18. The van der Waals surface area contributed by atoms with E-state index in [4.69, 9.17) is 0 Å². The number of carbonyl (C=O) groups excluding carboxylic acids is 1. The second-order valence-electron chi connectivity index (χ2n) is 5.35. The third kappa shape index (κ3) is 2.69.